The molecule has 0 aliphatic rings. The molecular formula is C9H18N2O4. The number of carbonyl (C=O) groups is 2. The van der Waals surface area contributed by atoms with Gasteiger partial charge in [-0.1, -0.05) is 0 Å². The van der Waals surface area contributed by atoms with E-state index in [2.05, 4.69) is 5.32 Å². The summed E-state index contributed by atoms with van der Waals surface area (Å²) in [5, 5.41) is 11.6. The zero-order valence-electron chi connectivity index (χ0n) is 9.70. The molecule has 0 aromatic heterocycles. The van der Waals surface area contributed by atoms with Gasteiger partial charge < -0.3 is 10.1 Å². The number of alkyl carbamates (subject to hydrolysis) is 1. The molecule has 0 unspecified atom stereocenters. The average Bonchev–Trinajstić information content (AvgIpc) is 1.98. The van der Waals surface area contributed by atoms with Crippen molar-refractivity contribution in [3.63, 3.8) is 0 Å². The van der Waals surface area contributed by atoms with Gasteiger partial charge in [-0.05, 0) is 27.7 Å². The molecule has 0 fully saturated rings. The van der Waals surface area contributed by atoms with Gasteiger partial charge in [0, 0.05) is 7.05 Å². The Kier molecular flexibility index (Phi) is 4.54. The van der Waals surface area contributed by atoms with Gasteiger partial charge in [0.2, 0.25) is 0 Å². The molecule has 1 atom stereocenters. The van der Waals surface area contributed by atoms with E-state index >= 15 is 0 Å². The molecule has 0 spiro atoms. The van der Waals surface area contributed by atoms with E-state index in [1.807, 2.05) is 0 Å². The van der Waals surface area contributed by atoms with Crippen molar-refractivity contribution in [1.82, 2.24) is 10.4 Å². The van der Waals surface area contributed by atoms with Gasteiger partial charge in [-0.15, -0.1) is 0 Å². The SMILES string of the molecule is C[C@@H](NC(=O)OC(C)(C)C)C(=O)N(C)O. The molecule has 0 heterocycles. The maximum atomic E-state index is 11.2. The lowest BCUT2D eigenvalue weighted by atomic mass is 10.2. The highest BCUT2D eigenvalue weighted by Crippen LogP contribution is 2.06. The van der Waals surface area contributed by atoms with E-state index in [0.29, 0.717) is 5.06 Å². The van der Waals surface area contributed by atoms with E-state index in [4.69, 9.17) is 9.94 Å². The molecule has 0 saturated heterocycles. The highest BCUT2D eigenvalue weighted by atomic mass is 16.6. The third-order valence-electron chi connectivity index (χ3n) is 1.42. The van der Waals surface area contributed by atoms with E-state index in [1.54, 1.807) is 20.8 Å². The van der Waals surface area contributed by atoms with Crippen LogP contribution in [0.3, 0.4) is 0 Å². The fourth-order valence-electron chi connectivity index (χ4n) is 0.826. The maximum absolute atomic E-state index is 11.2. The van der Waals surface area contributed by atoms with E-state index in [-0.39, 0.29) is 0 Å². The predicted molar refractivity (Wildman–Crippen MR) is 53.4 cm³/mol. The monoisotopic (exact) mass is 218 g/mol. The molecule has 0 aliphatic carbocycles. The second-order valence-electron chi connectivity index (χ2n) is 4.23. The van der Waals surface area contributed by atoms with Crippen LogP contribution in [0, 0.1) is 0 Å². The number of carbonyl (C=O) groups excluding carboxylic acids is 2. The molecule has 0 aromatic rings. The van der Waals surface area contributed by atoms with Crippen LogP contribution in [0.25, 0.3) is 0 Å². The van der Waals surface area contributed by atoms with E-state index in [1.165, 1.54) is 14.0 Å². The van der Waals surface area contributed by atoms with Crippen molar-refractivity contribution >= 4 is 12.0 Å². The topological polar surface area (TPSA) is 78.9 Å². The Balaban J connectivity index is 4.14. The summed E-state index contributed by atoms with van der Waals surface area (Å²) in [6.45, 7) is 6.62. The second-order valence-corrected chi connectivity index (χ2v) is 4.23. The van der Waals surface area contributed by atoms with E-state index in [9.17, 15) is 9.59 Å². The molecule has 6 heteroatoms. The van der Waals surface area contributed by atoms with Crippen LogP contribution in [0.2, 0.25) is 0 Å². The van der Waals surface area contributed by atoms with Crippen LogP contribution >= 0.6 is 0 Å². The summed E-state index contributed by atoms with van der Waals surface area (Å²) < 4.78 is 4.94. The normalized spacial score (nSPS) is 12.9. The third-order valence-corrected chi connectivity index (χ3v) is 1.42. The fourth-order valence-corrected chi connectivity index (χ4v) is 0.826. The van der Waals surface area contributed by atoms with Gasteiger partial charge in [-0.25, -0.2) is 9.86 Å². The van der Waals surface area contributed by atoms with E-state index < -0.39 is 23.6 Å². The molecule has 88 valence electrons. The molecule has 2 N–H and O–H groups in total. The van der Waals surface area contributed by atoms with Gasteiger partial charge >= 0.3 is 6.09 Å². The van der Waals surface area contributed by atoms with Crippen LogP contribution in [-0.4, -0.2) is 41.0 Å². The van der Waals surface area contributed by atoms with Crippen LogP contribution in [-0.2, 0) is 9.53 Å². The lowest BCUT2D eigenvalue weighted by molar-refractivity contribution is -0.161. The summed E-state index contributed by atoms with van der Waals surface area (Å²) in [7, 11) is 1.19. The molecule has 0 saturated carbocycles. The first-order valence-electron chi connectivity index (χ1n) is 4.59. The van der Waals surface area contributed by atoms with Crippen molar-refractivity contribution in [2.24, 2.45) is 0 Å². The molecule has 0 aromatic carbocycles. The fraction of sp³-hybridized carbons (Fsp3) is 0.778. The predicted octanol–water partition coefficient (Wildman–Crippen LogP) is 0.747. The Morgan fingerprint density at radius 1 is 1.40 bits per heavy atom. The Morgan fingerprint density at radius 2 is 1.87 bits per heavy atom. The van der Waals surface area contributed by atoms with Crippen LogP contribution in [0.4, 0.5) is 4.79 Å². The smallest absolute Gasteiger partial charge is 0.408 e. The Bertz CT molecular complexity index is 245. The number of nitrogens with zero attached hydrogens (tertiary/aromatic N) is 1. The molecular weight excluding hydrogens is 200 g/mol. The average molecular weight is 218 g/mol. The number of ether oxygens (including phenoxy) is 1. The first kappa shape index (κ1) is 13.7. The number of rotatable bonds is 2. The van der Waals surface area contributed by atoms with Crippen molar-refractivity contribution in [1.29, 1.82) is 0 Å². The standard InChI is InChI=1S/C9H18N2O4/c1-6(7(12)11(5)14)10-8(13)15-9(2,3)4/h6,14H,1-5H3,(H,10,13)/t6-/m1/s1. The molecule has 6 nitrogen and oxygen atoms in total. The van der Waals surface area contributed by atoms with Crippen molar-refractivity contribution in [3.05, 3.63) is 0 Å². The Hall–Kier alpha value is -1.30. The summed E-state index contributed by atoms with van der Waals surface area (Å²) in [5.41, 5.74) is -0.613. The summed E-state index contributed by atoms with van der Waals surface area (Å²) in [4.78, 5) is 22.4. The van der Waals surface area contributed by atoms with Gasteiger partial charge in [0.25, 0.3) is 5.91 Å². The molecule has 0 radical (unpaired) electrons. The second kappa shape index (κ2) is 4.97. The zero-order valence-corrected chi connectivity index (χ0v) is 9.70. The molecule has 15 heavy (non-hydrogen) atoms. The Morgan fingerprint density at radius 3 is 2.20 bits per heavy atom. The minimum absolute atomic E-state index is 0.419. The number of amides is 2. The summed E-state index contributed by atoms with van der Waals surface area (Å²) in [5.74, 6) is -0.610. The number of likely N-dealkylation sites (N-methyl/N-ethyl adjacent to an activating group) is 1. The van der Waals surface area contributed by atoms with Crippen LogP contribution < -0.4 is 5.32 Å². The molecule has 2 amide bonds. The van der Waals surface area contributed by atoms with Crippen LogP contribution in [0.15, 0.2) is 0 Å². The maximum Gasteiger partial charge on any atom is 0.408 e. The highest BCUT2D eigenvalue weighted by Gasteiger charge is 2.22. The van der Waals surface area contributed by atoms with Gasteiger partial charge in [0.1, 0.15) is 11.6 Å². The number of hydrogen-bond donors (Lipinski definition) is 2. The summed E-state index contributed by atoms with van der Waals surface area (Å²) in [6, 6.07) is -0.824. The molecule has 0 bridgehead atoms. The van der Waals surface area contributed by atoms with Gasteiger partial charge in [0.15, 0.2) is 0 Å². The van der Waals surface area contributed by atoms with Crippen molar-refractivity contribution in [3.8, 4) is 0 Å². The number of nitrogens with one attached hydrogen (secondary N) is 1. The lowest BCUT2D eigenvalue weighted by Crippen LogP contribution is -2.46. The minimum atomic E-state index is -0.824. The molecule has 0 aliphatic heterocycles. The van der Waals surface area contributed by atoms with E-state index in [0.717, 1.165) is 0 Å². The number of hydrogen-bond acceptors (Lipinski definition) is 4. The first-order valence-corrected chi connectivity index (χ1v) is 4.59. The Labute approximate surface area is 89.2 Å². The zero-order chi connectivity index (χ0) is 12.2. The minimum Gasteiger partial charge on any atom is -0.444 e. The van der Waals surface area contributed by atoms with Crippen LogP contribution in [0.5, 0.6) is 0 Å². The van der Waals surface area contributed by atoms with Gasteiger partial charge in [0.05, 0.1) is 0 Å². The first-order chi connectivity index (χ1) is 6.63. The molecule has 0 rings (SSSR count). The van der Waals surface area contributed by atoms with Crippen molar-refractivity contribution < 1.29 is 19.5 Å². The number of hydroxylamine groups is 2. The quantitative estimate of drug-likeness (QED) is 0.529. The van der Waals surface area contributed by atoms with Crippen molar-refractivity contribution in [2.45, 2.75) is 39.3 Å². The summed E-state index contributed by atoms with van der Waals surface area (Å²) in [6.07, 6.45) is -0.690. The lowest BCUT2D eigenvalue weighted by Gasteiger charge is -2.22. The van der Waals surface area contributed by atoms with Gasteiger partial charge in [-0.3, -0.25) is 10.0 Å². The third kappa shape index (κ3) is 5.90. The van der Waals surface area contributed by atoms with Crippen LogP contribution in [0.1, 0.15) is 27.7 Å². The largest absolute Gasteiger partial charge is 0.444 e. The van der Waals surface area contributed by atoms with Gasteiger partial charge in [-0.2, -0.15) is 0 Å². The summed E-state index contributed by atoms with van der Waals surface area (Å²) >= 11 is 0. The van der Waals surface area contributed by atoms with Crippen molar-refractivity contribution in [2.75, 3.05) is 7.05 Å². The highest BCUT2D eigenvalue weighted by molar-refractivity contribution is 5.84.